The molecule has 1 aliphatic heterocycles. The number of benzene rings is 1. The Morgan fingerprint density at radius 2 is 1.96 bits per heavy atom. The highest BCUT2D eigenvalue weighted by Gasteiger charge is 2.33. The van der Waals surface area contributed by atoms with E-state index in [9.17, 15) is 26.7 Å². The summed E-state index contributed by atoms with van der Waals surface area (Å²) in [5, 5.41) is 11.8. The number of aliphatic hydroxyl groups excluding tert-OH is 1. The average molecular weight is 698 g/mol. The lowest BCUT2D eigenvalue weighted by molar-refractivity contribution is -0.00835. The smallest absolute Gasteiger partial charge is 0.271 e. The number of ether oxygens (including phenoxy) is 2. The number of carbonyl (C=O) groups excluding carboxylic acids is 1. The van der Waals surface area contributed by atoms with Gasteiger partial charge in [-0.1, -0.05) is 13.0 Å². The molecule has 2 aromatic heterocycles. The molecule has 1 amide bonds. The SMILES string of the molecule is C[C@@H]1CN([C@@H](C)CO)C(=O)c2cc(NS(=O)(=O)c3cccs3)ccc2O[C@@H](C)CCCCO[C@@H]1CN(C)S(=O)(=O)c1cn(C)cn1. The van der Waals surface area contributed by atoms with Crippen molar-refractivity contribution < 1.29 is 36.2 Å². The molecule has 16 heteroatoms. The number of hydrogen-bond acceptors (Lipinski definition) is 10. The normalized spacial score (nSPS) is 21.3. The van der Waals surface area contributed by atoms with Gasteiger partial charge in [0.05, 0.1) is 36.7 Å². The van der Waals surface area contributed by atoms with Crippen LogP contribution in [0.5, 0.6) is 5.75 Å². The summed E-state index contributed by atoms with van der Waals surface area (Å²) < 4.78 is 70.4. The first-order valence-corrected chi connectivity index (χ1v) is 18.9. The third-order valence-corrected chi connectivity index (χ3v) is 12.3. The van der Waals surface area contributed by atoms with Crippen molar-refractivity contribution >= 4 is 43.0 Å². The van der Waals surface area contributed by atoms with Crippen molar-refractivity contribution in [1.29, 1.82) is 0 Å². The molecule has 0 bridgehead atoms. The van der Waals surface area contributed by atoms with Crippen LogP contribution in [0, 0.1) is 5.92 Å². The van der Waals surface area contributed by atoms with E-state index >= 15 is 0 Å². The van der Waals surface area contributed by atoms with Crippen molar-refractivity contribution in [2.45, 2.75) is 67.5 Å². The molecule has 3 aromatic rings. The summed E-state index contributed by atoms with van der Waals surface area (Å²) in [6.45, 7) is 5.64. The highest BCUT2D eigenvalue weighted by atomic mass is 32.2. The first kappa shape index (κ1) is 35.8. The molecule has 0 radical (unpaired) electrons. The molecule has 46 heavy (non-hydrogen) atoms. The van der Waals surface area contributed by atoms with Crippen LogP contribution < -0.4 is 9.46 Å². The molecule has 4 rings (SSSR count). The zero-order chi connectivity index (χ0) is 33.6. The highest BCUT2D eigenvalue weighted by molar-refractivity contribution is 7.94. The maximum absolute atomic E-state index is 14.3. The second-order valence-corrected chi connectivity index (χ2v) is 16.6. The molecule has 3 heterocycles. The number of sulfonamides is 2. The van der Waals surface area contributed by atoms with Crippen LogP contribution in [0.3, 0.4) is 0 Å². The van der Waals surface area contributed by atoms with Gasteiger partial charge in [0, 0.05) is 51.6 Å². The number of nitrogens with zero attached hydrogens (tertiary/aromatic N) is 4. The first-order valence-electron chi connectivity index (χ1n) is 15.1. The summed E-state index contributed by atoms with van der Waals surface area (Å²) in [5.74, 6) is -0.547. The number of amides is 1. The lowest BCUT2D eigenvalue weighted by atomic mass is 10.0. The fourth-order valence-electron chi connectivity index (χ4n) is 5.10. The van der Waals surface area contributed by atoms with Crippen molar-refractivity contribution in [1.82, 2.24) is 18.8 Å². The number of aliphatic hydroxyl groups is 1. The van der Waals surface area contributed by atoms with E-state index in [-0.39, 0.29) is 52.2 Å². The van der Waals surface area contributed by atoms with Crippen LogP contribution in [0.2, 0.25) is 0 Å². The van der Waals surface area contributed by atoms with Crippen molar-refractivity contribution in [2.75, 3.05) is 38.1 Å². The molecule has 254 valence electrons. The fourth-order valence-corrected chi connectivity index (χ4v) is 8.29. The number of rotatable bonds is 9. The van der Waals surface area contributed by atoms with Crippen molar-refractivity contribution in [3.05, 3.63) is 53.8 Å². The van der Waals surface area contributed by atoms with Crippen molar-refractivity contribution in [2.24, 2.45) is 13.0 Å². The van der Waals surface area contributed by atoms with E-state index < -0.39 is 38.1 Å². The summed E-state index contributed by atoms with van der Waals surface area (Å²) in [5.41, 5.74) is 0.320. The fraction of sp³-hybridized carbons (Fsp3) is 0.533. The van der Waals surface area contributed by atoms with Crippen LogP contribution in [-0.4, -0.2) is 98.2 Å². The minimum absolute atomic E-state index is 0.0142. The van der Waals surface area contributed by atoms with Crippen molar-refractivity contribution in [3.63, 3.8) is 0 Å². The molecule has 4 atom stereocenters. The lowest BCUT2D eigenvalue weighted by Gasteiger charge is -2.35. The summed E-state index contributed by atoms with van der Waals surface area (Å²) in [6, 6.07) is 7.08. The zero-order valence-corrected chi connectivity index (χ0v) is 29.1. The van der Waals surface area contributed by atoms with Gasteiger partial charge in [0.2, 0.25) is 0 Å². The van der Waals surface area contributed by atoms with E-state index in [2.05, 4.69) is 9.71 Å². The Balaban J connectivity index is 1.67. The second-order valence-electron chi connectivity index (χ2n) is 11.7. The summed E-state index contributed by atoms with van der Waals surface area (Å²) in [6.07, 6.45) is 4.12. The van der Waals surface area contributed by atoms with Gasteiger partial charge in [0.25, 0.3) is 26.0 Å². The van der Waals surface area contributed by atoms with Crippen LogP contribution in [0.4, 0.5) is 5.69 Å². The van der Waals surface area contributed by atoms with E-state index in [0.717, 1.165) is 17.8 Å². The molecule has 0 aliphatic carbocycles. The molecule has 1 aromatic carbocycles. The molecule has 0 fully saturated rings. The largest absolute Gasteiger partial charge is 0.490 e. The number of fused-ring (bicyclic) bond motifs is 1. The van der Waals surface area contributed by atoms with Crippen LogP contribution >= 0.6 is 11.3 Å². The number of thiophene rings is 1. The van der Waals surface area contributed by atoms with Crippen LogP contribution in [0.25, 0.3) is 0 Å². The number of hydrogen-bond donors (Lipinski definition) is 2. The zero-order valence-electron chi connectivity index (χ0n) is 26.7. The maximum atomic E-state index is 14.3. The number of carbonyl (C=O) groups is 1. The summed E-state index contributed by atoms with van der Waals surface area (Å²) in [4.78, 5) is 19.8. The second kappa shape index (κ2) is 15.3. The number of aryl methyl sites for hydroxylation is 1. The Morgan fingerprint density at radius 1 is 1.20 bits per heavy atom. The van der Waals surface area contributed by atoms with Crippen LogP contribution in [-0.2, 0) is 31.8 Å². The molecule has 0 unspecified atom stereocenters. The van der Waals surface area contributed by atoms with Gasteiger partial charge in [0.1, 0.15) is 9.96 Å². The number of nitrogens with one attached hydrogen (secondary N) is 1. The molecule has 13 nitrogen and oxygen atoms in total. The predicted molar refractivity (Wildman–Crippen MR) is 175 cm³/mol. The quantitative estimate of drug-likeness (QED) is 0.342. The van der Waals surface area contributed by atoms with Gasteiger partial charge in [-0.25, -0.2) is 21.8 Å². The molecular weight excluding hydrogens is 655 g/mol. The number of anilines is 1. The standard InChI is InChI=1S/C30H43N5O8S3/c1-21-16-35(22(2)19-36)30(37)25-15-24(32-45(38,39)29-10-8-14-44-29)11-12-26(25)43-23(3)9-6-7-13-42-27(21)17-34(5)46(40,41)28-18-33(4)20-31-28/h8,10-12,14-15,18,20-23,27,32,36H,6-7,9,13,16-17,19H2,1-5H3/t21-,22+,23+,27-/m1/s1. The number of likely N-dealkylation sites (N-methyl/N-ethyl adjacent to an activating group) is 1. The van der Waals surface area contributed by atoms with Gasteiger partial charge in [-0.3, -0.25) is 9.52 Å². The van der Waals surface area contributed by atoms with E-state index in [0.29, 0.717) is 25.2 Å². The van der Waals surface area contributed by atoms with E-state index in [1.807, 2.05) is 13.8 Å². The van der Waals surface area contributed by atoms with Gasteiger partial charge in [-0.15, -0.1) is 11.3 Å². The van der Waals surface area contributed by atoms with Gasteiger partial charge in [-0.2, -0.15) is 4.31 Å². The Hall–Kier alpha value is -3.02. The monoisotopic (exact) mass is 697 g/mol. The molecule has 0 spiro atoms. The molecule has 2 N–H and O–H groups in total. The van der Waals surface area contributed by atoms with Crippen LogP contribution in [0.15, 0.2) is 57.5 Å². The minimum atomic E-state index is -3.90. The predicted octanol–water partition coefficient (Wildman–Crippen LogP) is 3.40. The highest BCUT2D eigenvalue weighted by Crippen LogP contribution is 2.30. The first-order chi connectivity index (χ1) is 21.7. The van der Waals surface area contributed by atoms with Gasteiger partial charge in [0.15, 0.2) is 5.03 Å². The minimum Gasteiger partial charge on any atom is -0.490 e. The maximum Gasteiger partial charge on any atom is 0.271 e. The van der Waals surface area contributed by atoms with E-state index in [1.54, 1.807) is 42.1 Å². The average Bonchev–Trinajstić information content (AvgIpc) is 3.72. The Labute approximate surface area is 275 Å². The molecule has 1 aliphatic rings. The third-order valence-electron chi connectivity index (χ3n) is 7.86. The Kier molecular flexibility index (Phi) is 11.9. The van der Waals surface area contributed by atoms with Crippen LogP contribution in [0.1, 0.15) is 50.4 Å². The van der Waals surface area contributed by atoms with Gasteiger partial charge < -0.3 is 24.0 Å². The number of imidazole rings is 1. The van der Waals surface area contributed by atoms with E-state index in [1.165, 1.54) is 40.9 Å². The van der Waals surface area contributed by atoms with E-state index in [4.69, 9.17) is 9.47 Å². The Morgan fingerprint density at radius 3 is 2.61 bits per heavy atom. The topological polar surface area (TPSA) is 160 Å². The van der Waals surface area contributed by atoms with Gasteiger partial charge in [-0.05, 0) is 62.8 Å². The third kappa shape index (κ3) is 8.66. The lowest BCUT2D eigenvalue weighted by Crippen LogP contribution is -2.48. The molecule has 0 saturated carbocycles. The Bertz CT molecular complexity index is 1680. The van der Waals surface area contributed by atoms with Gasteiger partial charge >= 0.3 is 0 Å². The van der Waals surface area contributed by atoms with Crippen molar-refractivity contribution in [3.8, 4) is 5.75 Å². The molecular formula is C30H43N5O8S3. The molecule has 0 saturated heterocycles. The number of aromatic nitrogens is 2. The summed E-state index contributed by atoms with van der Waals surface area (Å²) >= 11 is 1.08. The summed E-state index contributed by atoms with van der Waals surface area (Å²) in [7, 11) is -4.62.